The average molecular weight is 269 g/mol. The van der Waals surface area contributed by atoms with Gasteiger partial charge in [-0.25, -0.2) is 0 Å². The Morgan fingerprint density at radius 3 is 1.40 bits per heavy atom. The predicted molar refractivity (Wildman–Crippen MR) is 52.3 cm³/mol. The van der Waals surface area contributed by atoms with Gasteiger partial charge in [0.1, 0.15) is 0 Å². The molecule has 0 radical (unpaired) electrons. The number of hydrogen-bond acceptors (Lipinski definition) is 0. The molecule has 62 valence electrons. The molecule has 0 amide bonds. The molecule has 0 aromatic rings. The summed E-state index contributed by atoms with van der Waals surface area (Å²) in [5.41, 5.74) is 0. The van der Waals surface area contributed by atoms with E-state index in [2.05, 4.69) is 34.6 Å². The monoisotopic (exact) mass is 270 g/mol. The van der Waals surface area contributed by atoms with Crippen molar-refractivity contribution >= 4 is 26.2 Å². The van der Waals surface area contributed by atoms with Crippen molar-refractivity contribution in [3.05, 3.63) is 0 Å². The molecular weight excluding hydrogens is 250 g/mol. The fraction of sp³-hybridized carbons (Fsp3) is 1.00. The van der Waals surface area contributed by atoms with Gasteiger partial charge in [-0.15, -0.1) is 0 Å². The second kappa shape index (κ2) is 3.66. The van der Waals surface area contributed by atoms with E-state index in [1.54, 1.807) is 0 Å². The van der Waals surface area contributed by atoms with Crippen molar-refractivity contribution in [2.24, 2.45) is 0 Å². The molecule has 0 unspecified atom stereocenters. The maximum atomic E-state index is 6.59. The molecule has 0 rings (SSSR count). The fourth-order valence-electron chi connectivity index (χ4n) is 1.31. The van der Waals surface area contributed by atoms with E-state index in [9.17, 15) is 0 Å². The molecule has 0 aliphatic heterocycles. The second-order valence-corrected chi connectivity index (χ2v) is 22.6. The van der Waals surface area contributed by atoms with Gasteiger partial charge in [0, 0.05) is 0 Å². The molecule has 0 atom stereocenters. The summed E-state index contributed by atoms with van der Waals surface area (Å²) in [6.07, 6.45) is 0. The number of halogens is 1. The minimum atomic E-state index is -2.15. The maximum absolute atomic E-state index is 6.59. The average Bonchev–Trinajstić information content (AvgIpc) is 1.84. The van der Waals surface area contributed by atoms with Crippen molar-refractivity contribution in [1.29, 1.82) is 0 Å². The van der Waals surface area contributed by atoms with Crippen LogP contribution in [0, 0.1) is 0 Å². The summed E-state index contributed by atoms with van der Waals surface area (Å²) in [6, 6.07) is 0. The zero-order valence-electron chi connectivity index (χ0n) is 7.79. The van der Waals surface area contributed by atoms with E-state index in [1.165, 1.54) is 8.87 Å². The quantitative estimate of drug-likeness (QED) is 0.664. The fourth-order valence-corrected chi connectivity index (χ4v) is 8.79. The van der Waals surface area contributed by atoms with Crippen LogP contribution in [0.4, 0.5) is 0 Å². The van der Waals surface area contributed by atoms with Crippen LogP contribution in [0.1, 0.15) is 34.6 Å². The SMILES string of the molecule is C[CH2][Sn]([Cl])([CH2]C)[C](C)(C)C. The molecule has 0 heterocycles. The third-order valence-electron chi connectivity index (χ3n) is 2.46. The van der Waals surface area contributed by atoms with Gasteiger partial charge in [-0.3, -0.25) is 0 Å². The Kier molecular flexibility index (Phi) is 4.06. The van der Waals surface area contributed by atoms with Crippen LogP contribution >= 0.6 is 8.92 Å². The summed E-state index contributed by atoms with van der Waals surface area (Å²) in [7, 11) is 6.59. The van der Waals surface area contributed by atoms with Crippen LogP contribution < -0.4 is 0 Å². The molecule has 2 heteroatoms. The summed E-state index contributed by atoms with van der Waals surface area (Å²) in [6.45, 7) is 11.4. The van der Waals surface area contributed by atoms with Gasteiger partial charge < -0.3 is 0 Å². The molecule has 0 aliphatic carbocycles. The van der Waals surface area contributed by atoms with Crippen molar-refractivity contribution in [3.8, 4) is 0 Å². The molecule has 0 fully saturated rings. The molecule has 0 saturated carbocycles. The Balaban J connectivity index is 4.33. The molecule has 0 nitrogen and oxygen atoms in total. The van der Waals surface area contributed by atoms with Gasteiger partial charge in [-0.1, -0.05) is 0 Å². The molecule has 10 heavy (non-hydrogen) atoms. The van der Waals surface area contributed by atoms with Crippen molar-refractivity contribution in [3.63, 3.8) is 0 Å². The molecule has 0 N–H and O–H groups in total. The van der Waals surface area contributed by atoms with Gasteiger partial charge in [0.2, 0.25) is 0 Å². The van der Waals surface area contributed by atoms with Gasteiger partial charge in [0.05, 0.1) is 0 Å². The van der Waals surface area contributed by atoms with Gasteiger partial charge in [-0.2, -0.15) is 0 Å². The number of hydrogen-bond donors (Lipinski definition) is 0. The molecule has 0 aromatic carbocycles. The van der Waals surface area contributed by atoms with Crippen LogP contribution in [-0.4, -0.2) is 17.3 Å². The molecular formula is C8H19ClSn. The van der Waals surface area contributed by atoms with Crippen LogP contribution in [0.25, 0.3) is 0 Å². The van der Waals surface area contributed by atoms with E-state index in [0.717, 1.165) is 0 Å². The summed E-state index contributed by atoms with van der Waals surface area (Å²) in [5.74, 6) is 0. The summed E-state index contributed by atoms with van der Waals surface area (Å²) < 4.78 is 2.95. The first-order valence-electron chi connectivity index (χ1n) is 4.06. The standard InChI is InChI=1S/C4H9.2C2H5.ClH.Sn/c1-4(2)3;2*1-2;;/h1-3H3;2*1H2,2H3;1H;/q;;;;+1/p-1. The molecule has 0 aromatic heterocycles. The topological polar surface area (TPSA) is 0 Å². The summed E-state index contributed by atoms with van der Waals surface area (Å²) in [5, 5.41) is 0. The Morgan fingerprint density at radius 1 is 1.10 bits per heavy atom. The van der Waals surface area contributed by atoms with E-state index < -0.39 is 17.3 Å². The zero-order chi connectivity index (χ0) is 8.41. The Hall–Kier alpha value is 1.09. The first kappa shape index (κ1) is 11.1. The third kappa shape index (κ3) is 2.30. The summed E-state index contributed by atoms with van der Waals surface area (Å²) >= 11 is -2.15. The second-order valence-electron chi connectivity index (χ2n) is 3.92. The van der Waals surface area contributed by atoms with E-state index in [4.69, 9.17) is 8.92 Å². The zero-order valence-corrected chi connectivity index (χ0v) is 11.4. The Labute approximate surface area is 72.9 Å². The van der Waals surface area contributed by atoms with Gasteiger partial charge in [0.25, 0.3) is 0 Å². The van der Waals surface area contributed by atoms with Crippen LogP contribution in [0.15, 0.2) is 0 Å². The van der Waals surface area contributed by atoms with Crippen LogP contribution in [0.5, 0.6) is 0 Å². The van der Waals surface area contributed by atoms with E-state index in [-0.39, 0.29) is 0 Å². The van der Waals surface area contributed by atoms with E-state index in [0.29, 0.717) is 3.43 Å². The van der Waals surface area contributed by atoms with Gasteiger partial charge in [-0.05, 0) is 0 Å². The number of rotatable bonds is 2. The molecule has 0 spiro atoms. The molecule has 0 saturated heterocycles. The van der Waals surface area contributed by atoms with E-state index >= 15 is 0 Å². The first-order valence-corrected chi connectivity index (χ1v) is 13.1. The molecule has 0 bridgehead atoms. The van der Waals surface area contributed by atoms with Crippen molar-refractivity contribution < 1.29 is 0 Å². The predicted octanol–water partition coefficient (Wildman–Crippen LogP) is 4.01. The van der Waals surface area contributed by atoms with Crippen LogP contribution in [-0.2, 0) is 0 Å². The van der Waals surface area contributed by atoms with Crippen LogP contribution in [0.2, 0.25) is 12.3 Å². The first-order chi connectivity index (χ1) is 4.37. The van der Waals surface area contributed by atoms with Crippen LogP contribution in [0.3, 0.4) is 0 Å². The Bertz CT molecular complexity index is 100. The minimum absolute atomic E-state index is 0.430. The molecule has 0 aliphatic rings. The van der Waals surface area contributed by atoms with Crippen molar-refractivity contribution in [2.75, 3.05) is 0 Å². The van der Waals surface area contributed by atoms with Gasteiger partial charge in [0.15, 0.2) is 0 Å². The Morgan fingerprint density at radius 2 is 1.40 bits per heavy atom. The van der Waals surface area contributed by atoms with Crippen molar-refractivity contribution in [2.45, 2.75) is 46.9 Å². The van der Waals surface area contributed by atoms with Gasteiger partial charge >= 0.3 is 73.1 Å². The van der Waals surface area contributed by atoms with Crippen molar-refractivity contribution in [1.82, 2.24) is 0 Å². The summed E-state index contributed by atoms with van der Waals surface area (Å²) in [4.78, 5) is 0. The normalized spacial score (nSPS) is 13.8. The van der Waals surface area contributed by atoms with E-state index in [1.807, 2.05) is 0 Å². The third-order valence-corrected chi connectivity index (χ3v) is 23.9.